The van der Waals surface area contributed by atoms with Crippen molar-refractivity contribution in [1.29, 1.82) is 0 Å². The molecule has 7 heteroatoms. The first-order chi connectivity index (χ1) is 12.3. The van der Waals surface area contributed by atoms with E-state index in [4.69, 9.17) is 4.52 Å². The summed E-state index contributed by atoms with van der Waals surface area (Å²) in [5.74, 6) is 0.0210. The topological polar surface area (TPSA) is 77.0 Å². The Morgan fingerprint density at radius 2 is 2.36 bits per heavy atom. The lowest BCUT2D eigenvalue weighted by atomic mass is 10.1. The van der Waals surface area contributed by atoms with E-state index in [1.807, 2.05) is 27.9 Å². The van der Waals surface area contributed by atoms with Gasteiger partial charge in [0.25, 0.3) is 11.6 Å². The van der Waals surface area contributed by atoms with Crippen molar-refractivity contribution in [3.05, 3.63) is 42.0 Å². The molecule has 0 radical (unpaired) electrons. The zero-order valence-corrected chi connectivity index (χ0v) is 14.3. The fourth-order valence-electron chi connectivity index (χ4n) is 3.50. The van der Waals surface area contributed by atoms with E-state index in [1.54, 1.807) is 12.4 Å². The second-order valence-corrected chi connectivity index (χ2v) is 6.48. The average molecular weight is 339 g/mol. The molecule has 7 nitrogen and oxygen atoms in total. The molecule has 0 aromatic carbocycles. The fourth-order valence-corrected chi connectivity index (χ4v) is 3.50. The first-order valence-electron chi connectivity index (χ1n) is 8.79. The Morgan fingerprint density at radius 1 is 1.44 bits per heavy atom. The monoisotopic (exact) mass is 339 g/mol. The quantitative estimate of drug-likeness (QED) is 0.714. The van der Waals surface area contributed by atoms with Gasteiger partial charge in [-0.1, -0.05) is 18.5 Å². The number of fused-ring (bicyclic) bond motifs is 1. The summed E-state index contributed by atoms with van der Waals surface area (Å²) in [7, 11) is 0. The molecule has 1 fully saturated rings. The second-order valence-electron chi connectivity index (χ2n) is 6.48. The number of hydrogen-bond donors (Lipinski definition) is 0. The van der Waals surface area contributed by atoms with Gasteiger partial charge in [0.2, 0.25) is 0 Å². The highest BCUT2D eigenvalue weighted by Gasteiger charge is 2.30. The van der Waals surface area contributed by atoms with Crippen LogP contribution in [0.3, 0.4) is 0 Å². The van der Waals surface area contributed by atoms with Gasteiger partial charge in [-0.05, 0) is 31.4 Å². The van der Waals surface area contributed by atoms with E-state index in [1.165, 1.54) is 0 Å². The van der Waals surface area contributed by atoms with Crippen LogP contribution < -0.4 is 0 Å². The standard InChI is InChI=1S/C18H21N5O2/c1-2-5-16-15-10-13(11-19-17(15)25-21-16)18(24)23-9-3-6-14(23)12-22-8-4-7-20-22/h4,7-8,10-11,14H,2-3,5-6,9,12H2,1H3/t14-/m1/s1. The van der Waals surface area contributed by atoms with Crippen LogP contribution in [0.5, 0.6) is 0 Å². The van der Waals surface area contributed by atoms with Gasteiger partial charge in [-0.15, -0.1) is 0 Å². The molecule has 0 unspecified atom stereocenters. The van der Waals surface area contributed by atoms with Crippen LogP contribution in [0.4, 0.5) is 0 Å². The molecule has 0 saturated carbocycles. The molecular formula is C18H21N5O2. The molecule has 0 spiro atoms. The average Bonchev–Trinajstić information content (AvgIpc) is 3.36. The number of carbonyl (C=O) groups excluding carboxylic acids is 1. The molecule has 1 aliphatic rings. The summed E-state index contributed by atoms with van der Waals surface area (Å²) in [5.41, 5.74) is 1.96. The summed E-state index contributed by atoms with van der Waals surface area (Å²) in [6.07, 6.45) is 9.09. The van der Waals surface area contributed by atoms with Crippen molar-refractivity contribution < 1.29 is 9.32 Å². The normalized spacial score (nSPS) is 17.5. The summed E-state index contributed by atoms with van der Waals surface area (Å²) < 4.78 is 7.14. The Balaban J connectivity index is 1.58. The van der Waals surface area contributed by atoms with E-state index in [0.717, 1.165) is 49.9 Å². The van der Waals surface area contributed by atoms with Gasteiger partial charge >= 0.3 is 0 Å². The Bertz CT molecular complexity index is 871. The minimum absolute atomic E-state index is 0.0210. The third-order valence-electron chi connectivity index (χ3n) is 4.73. The molecule has 1 aliphatic heterocycles. The van der Waals surface area contributed by atoms with Crippen molar-refractivity contribution in [2.45, 2.75) is 45.2 Å². The number of hydrogen-bond acceptors (Lipinski definition) is 5. The molecule has 3 aromatic rings. The molecule has 3 aromatic heterocycles. The van der Waals surface area contributed by atoms with Gasteiger partial charge in [0.1, 0.15) is 0 Å². The van der Waals surface area contributed by atoms with Gasteiger partial charge in [-0.2, -0.15) is 5.10 Å². The van der Waals surface area contributed by atoms with Crippen LogP contribution in [0.25, 0.3) is 11.1 Å². The molecule has 1 atom stereocenters. The summed E-state index contributed by atoms with van der Waals surface area (Å²) in [4.78, 5) is 19.3. The number of pyridine rings is 1. The van der Waals surface area contributed by atoms with E-state index in [-0.39, 0.29) is 11.9 Å². The Hall–Kier alpha value is -2.70. The zero-order valence-electron chi connectivity index (χ0n) is 14.3. The van der Waals surface area contributed by atoms with Crippen LogP contribution in [0.15, 0.2) is 35.2 Å². The number of carbonyl (C=O) groups is 1. The molecule has 1 saturated heterocycles. The molecule has 4 heterocycles. The van der Waals surface area contributed by atoms with Crippen LogP contribution in [0, 0.1) is 0 Å². The first kappa shape index (κ1) is 15.8. The van der Waals surface area contributed by atoms with Crippen molar-refractivity contribution >= 4 is 17.0 Å². The van der Waals surface area contributed by atoms with E-state index in [9.17, 15) is 4.79 Å². The SMILES string of the molecule is CCCc1noc2ncc(C(=O)N3CCC[C@@H]3Cn3cccn3)cc12. The van der Waals surface area contributed by atoms with Gasteiger partial charge in [0.05, 0.1) is 29.2 Å². The highest BCUT2D eigenvalue weighted by Crippen LogP contribution is 2.24. The number of rotatable bonds is 5. The molecule has 4 rings (SSSR count). The highest BCUT2D eigenvalue weighted by molar-refractivity contribution is 5.97. The Kier molecular flexibility index (Phi) is 4.21. The summed E-state index contributed by atoms with van der Waals surface area (Å²) in [6, 6.07) is 3.94. The van der Waals surface area contributed by atoms with Crippen molar-refractivity contribution in [3.8, 4) is 0 Å². The van der Waals surface area contributed by atoms with E-state index in [2.05, 4.69) is 22.2 Å². The van der Waals surface area contributed by atoms with Crippen LogP contribution in [0.2, 0.25) is 0 Å². The minimum Gasteiger partial charge on any atom is -0.336 e. The lowest BCUT2D eigenvalue weighted by molar-refractivity contribution is 0.0721. The fraction of sp³-hybridized carbons (Fsp3) is 0.444. The van der Waals surface area contributed by atoms with Gasteiger partial charge in [0, 0.05) is 25.1 Å². The maximum Gasteiger partial charge on any atom is 0.257 e. The number of aryl methyl sites for hydroxylation is 1. The van der Waals surface area contributed by atoms with E-state index >= 15 is 0 Å². The number of likely N-dealkylation sites (tertiary alicyclic amines) is 1. The van der Waals surface area contributed by atoms with Gasteiger partial charge in [-0.3, -0.25) is 9.48 Å². The predicted molar refractivity (Wildman–Crippen MR) is 92.1 cm³/mol. The van der Waals surface area contributed by atoms with Crippen molar-refractivity contribution in [2.75, 3.05) is 6.54 Å². The molecule has 0 aliphatic carbocycles. The molecule has 25 heavy (non-hydrogen) atoms. The Morgan fingerprint density at radius 3 is 3.16 bits per heavy atom. The number of aromatic nitrogens is 4. The summed E-state index contributed by atoms with van der Waals surface area (Å²) in [5, 5.41) is 9.17. The predicted octanol–water partition coefficient (Wildman–Crippen LogP) is 2.68. The molecule has 0 bridgehead atoms. The van der Waals surface area contributed by atoms with Crippen LogP contribution >= 0.6 is 0 Å². The summed E-state index contributed by atoms with van der Waals surface area (Å²) >= 11 is 0. The van der Waals surface area contributed by atoms with Crippen LogP contribution in [0.1, 0.15) is 42.2 Å². The van der Waals surface area contributed by atoms with Crippen molar-refractivity contribution in [2.24, 2.45) is 0 Å². The number of nitrogens with zero attached hydrogens (tertiary/aromatic N) is 5. The van der Waals surface area contributed by atoms with Crippen molar-refractivity contribution in [3.63, 3.8) is 0 Å². The highest BCUT2D eigenvalue weighted by atomic mass is 16.5. The smallest absolute Gasteiger partial charge is 0.257 e. The minimum atomic E-state index is 0.0210. The Labute approximate surface area is 145 Å². The molecule has 1 amide bonds. The molecule has 0 N–H and O–H groups in total. The maximum absolute atomic E-state index is 13.0. The third kappa shape index (κ3) is 3.01. The number of amides is 1. The maximum atomic E-state index is 13.0. The lowest BCUT2D eigenvalue weighted by Gasteiger charge is -2.24. The van der Waals surface area contributed by atoms with Crippen LogP contribution in [-0.2, 0) is 13.0 Å². The van der Waals surface area contributed by atoms with Gasteiger partial charge in [0.15, 0.2) is 0 Å². The summed E-state index contributed by atoms with van der Waals surface area (Å²) in [6.45, 7) is 3.59. The molecule has 130 valence electrons. The largest absolute Gasteiger partial charge is 0.336 e. The van der Waals surface area contributed by atoms with E-state index < -0.39 is 0 Å². The zero-order chi connectivity index (χ0) is 17.2. The van der Waals surface area contributed by atoms with Gasteiger partial charge in [-0.25, -0.2) is 4.98 Å². The van der Waals surface area contributed by atoms with Gasteiger partial charge < -0.3 is 9.42 Å². The van der Waals surface area contributed by atoms with Crippen molar-refractivity contribution in [1.82, 2.24) is 24.8 Å². The molecular weight excluding hydrogens is 318 g/mol. The van der Waals surface area contributed by atoms with E-state index in [0.29, 0.717) is 11.3 Å². The third-order valence-corrected chi connectivity index (χ3v) is 4.73. The first-order valence-corrected chi connectivity index (χ1v) is 8.79. The second kappa shape index (κ2) is 6.66. The lowest BCUT2D eigenvalue weighted by Crippen LogP contribution is -2.38. The van der Waals surface area contributed by atoms with Crippen LogP contribution in [-0.4, -0.2) is 43.3 Å².